The highest BCUT2D eigenvalue weighted by Gasteiger charge is 2.17. The maximum absolute atomic E-state index is 13.6. The lowest BCUT2D eigenvalue weighted by molar-refractivity contribution is -0.121. The Balaban J connectivity index is 1.57. The number of hydrogen-bond donors (Lipinski definition) is 1. The van der Waals surface area contributed by atoms with Gasteiger partial charge in [0.15, 0.2) is 9.84 Å². The summed E-state index contributed by atoms with van der Waals surface area (Å²) in [5, 5.41) is 2.83. The number of carbonyl (C=O) groups is 1. The Bertz CT molecular complexity index is 1110. The van der Waals surface area contributed by atoms with E-state index in [0.717, 1.165) is 11.8 Å². The normalized spacial score (nSPS) is 11.7. The number of amides is 1. The molecule has 1 heterocycles. The molecular formula is C20H22FN3O3S2. The number of halogens is 1. The SMILES string of the molecule is CS(=O)(=O)Cc1nc2ccccc2n1CC(=O)NCCSCc1ccccc1F. The van der Waals surface area contributed by atoms with Gasteiger partial charge in [0, 0.05) is 24.3 Å². The molecule has 0 fully saturated rings. The van der Waals surface area contributed by atoms with Crippen molar-refractivity contribution in [2.24, 2.45) is 0 Å². The fourth-order valence-corrected chi connectivity index (χ4v) is 4.44. The predicted octanol–water partition coefficient (Wildman–Crippen LogP) is 2.77. The van der Waals surface area contributed by atoms with Crippen molar-refractivity contribution in [2.75, 3.05) is 18.6 Å². The molecule has 29 heavy (non-hydrogen) atoms. The quantitative estimate of drug-likeness (QED) is 0.523. The zero-order valence-electron chi connectivity index (χ0n) is 16.0. The van der Waals surface area contributed by atoms with Gasteiger partial charge in [-0.25, -0.2) is 17.8 Å². The Labute approximate surface area is 173 Å². The molecule has 0 aliphatic heterocycles. The highest BCUT2D eigenvalue weighted by molar-refractivity contribution is 7.98. The number of para-hydroxylation sites is 2. The Morgan fingerprint density at radius 2 is 1.90 bits per heavy atom. The van der Waals surface area contributed by atoms with Gasteiger partial charge in [-0.3, -0.25) is 4.79 Å². The van der Waals surface area contributed by atoms with Crippen LogP contribution >= 0.6 is 11.8 Å². The number of sulfone groups is 1. The first-order valence-corrected chi connectivity index (χ1v) is 12.2. The van der Waals surface area contributed by atoms with Gasteiger partial charge < -0.3 is 9.88 Å². The van der Waals surface area contributed by atoms with Gasteiger partial charge in [0.05, 0.1) is 11.0 Å². The number of hydrogen-bond acceptors (Lipinski definition) is 5. The number of fused-ring (bicyclic) bond motifs is 1. The summed E-state index contributed by atoms with van der Waals surface area (Å²) in [6, 6.07) is 13.9. The average Bonchev–Trinajstić information content (AvgIpc) is 2.98. The van der Waals surface area contributed by atoms with Gasteiger partial charge >= 0.3 is 0 Å². The van der Waals surface area contributed by atoms with Crippen molar-refractivity contribution >= 4 is 38.5 Å². The minimum Gasteiger partial charge on any atom is -0.354 e. The van der Waals surface area contributed by atoms with E-state index in [1.165, 1.54) is 17.8 Å². The molecule has 0 bridgehead atoms. The minimum absolute atomic E-state index is 0.0106. The molecule has 0 saturated carbocycles. The Morgan fingerprint density at radius 3 is 2.66 bits per heavy atom. The smallest absolute Gasteiger partial charge is 0.240 e. The van der Waals surface area contributed by atoms with Crippen molar-refractivity contribution in [1.29, 1.82) is 0 Å². The molecule has 2 aromatic carbocycles. The van der Waals surface area contributed by atoms with Crippen molar-refractivity contribution in [1.82, 2.24) is 14.9 Å². The fraction of sp³-hybridized carbons (Fsp3) is 0.300. The van der Waals surface area contributed by atoms with Gasteiger partial charge in [0.25, 0.3) is 0 Å². The Kier molecular flexibility index (Phi) is 6.92. The van der Waals surface area contributed by atoms with Crippen LogP contribution in [0.2, 0.25) is 0 Å². The third-order valence-electron chi connectivity index (χ3n) is 4.21. The van der Waals surface area contributed by atoms with E-state index in [9.17, 15) is 17.6 Å². The first-order chi connectivity index (χ1) is 13.8. The number of nitrogens with one attached hydrogen (secondary N) is 1. The molecular weight excluding hydrogens is 413 g/mol. The Hall–Kier alpha value is -2.39. The zero-order valence-corrected chi connectivity index (χ0v) is 17.6. The summed E-state index contributed by atoms with van der Waals surface area (Å²) in [5.41, 5.74) is 2.01. The summed E-state index contributed by atoms with van der Waals surface area (Å²) in [7, 11) is -3.29. The fourth-order valence-electron chi connectivity index (χ4n) is 2.91. The van der Waals surface area contributed by atoms with E-state index in [2.05, 4.69) is 10.3 Å². The van der Waals surface area contributed by atoms with Crippen LogP contribution in [-0.4, -0.2) is 42.4 Å². The van der Waals surface area contributed by atoms with Crippen LogP contribution in [0.3, 0.4) is 0 Å². The molecule has 6 nitrogen and oxygen atoms in total. The van der Waals surface area contributed by atoms with E-state index in [0.29, 0.717) is 35.0 Å². The monoisotopic (exact) mass is 435 g/mol. The zero-order chi connectivity index (χ0) is 20.9. The minimum atomic E-state index is -3.29. The molecule has 1 aromatic heterocycles. The number of thioether (sulfide) groups is 1. The summed E-state index contributed by atoms with van der Waals surface area (Å²) in [6.07, 6.45) is 1.14. The van der Waals surface area contributed by atoms with Crippen LogP contribution < -0.4 is 5.32 Å². The lowest BCUT2D eigenvalue weighted by Gasteiger charge is -2.10. The molecule has 0 radical (unpaired) electrons. The topological polar surface area (TPSA) is 81.1 Å². The van der Waals surface area contributed by atoms with E-state index in [-0.39, 0.29) is 24.0 Å². The molecule has 9 heteroatoms. The summed E-state index contributed by atoms with van der Waals surface area (Å²) < 4.78 is 38.7. The van der Waals surface area contributed by atoms with Crippen LogP contribution in [-0.2, 0) is 32.7 Å². The molecule has 0 aliphatic rings. The van der Waals surface area contributed by atoms with Crippen LogP contribution in [0.25, 0.3) is 11.0 Å². The van der Waals surface area contributed by atoms with E-state index >= 15 is 0 Å². The van der Waals surface area contributed by atoms with Crippen LogP contribution in [0, 0.1) is 5.82 Å². The first kappa shape index (κ1) is 21.3. The van der Waals surface area contributed by atoms with E-state index in [1.807, 2.05) is 18.2 Å². The van der Waals surface area contributed by atoms with Crippen LogP contribution in [0.5, 0.6) is 0 Å². The lowest BCUT2D eigenvalue weighted by Crippen LogP contribution is -2.30. The predicted molar refractivity (Wildman–Crippen MR) is 114 cm³/mol. The van der Waals surface area contributed by atoms with E-state index < -0.39 is 9.84 Å². The number of benzene rings is 2. The standard InChI is InChI=1S/C20H22FN3O3S2/c1-29(26,27)14-19-23-17-8-4-5-9-18(17)24(19)12-20(25)22-10-11-28-13-15-6-2-3-7-16(15)21/h2-9H,10-14H2,1H3,(H,22,25). The number of aromatic nitrogens is 2. The van der Waals surface area contributed by atoms with Crippen molar-refractivity contribution in [3.05, 3.63) is 65.7 Å². The number of imidazole rings is 1. The van der Waals surface area contributed by atoms with Gasteiger partial charge in [-0.2, -0.15) is 11.8 Å². The number of nitrogens with zero attached hydrogens (tertiary/aromatic N) is 2. The maximum atomic E-state index is 13.6. The summed E-state index contributed by atoms with van der Waals surface area (Å²) in [6.45, 7) is 0.426. The second-order valence-electron chi connectivity index (χ2n) is 6.67. The largest absolute Gasteiger partial charge is 0.354 e. The van der Waals surface area contributed by atoms with E-state index in [4.69, 9.17) is 0 Å². The third-order valence-corrected chi connectivity index (χ3v) is 6.00. The summed E-state index contributed by atoms with van der Waals surface area (Å²) in [4.78, 5) is 16.7. The van der Waals surface area contributed by atoms with E-state index in [1.54, 1.807) is 28.8 Å². The second kappa shape index (κ2) is 9.41. The third kappa shape index (κ3) is 6.04. The lowest BCUT2D eigenvalue weighted by atomic mass is 10.2. The van der Waals surface area contributed by atoms with Gasteiger partial charge in [0.1, 0.15) is 23.9 Å². The first-order valence-electron chi connectivity index (χ1n) is 9.03. The van der Waals surface area contributed by atoms with Crippen LogP contribution in [0.15, 0.2) is 48.5 Å². The van der Waals surface area contributed by atoms with Gasteiger partial charge in [0.2, 0.25) is 5.91 Å². The average molecular weight is 436 g/mol. The molecule has 0 aliphatic carbocycles. The molecule has 1 N–H and O–H groups in total. The molecule has 154 valence electrons. The Morgan fingerprint density at radius 1 is 1.17 bits per heavy atom. The number of carbonyl (C=O) groups excluding carboxylic acids is 1. The molecule has 0 atom stereocenters. The van der Waals surface area contributed by atoms with Gasteiger partial charge in [-0.1, -0.05) is 30.3 Å². The summed E-state index contributed by atoms with van der Waals surface area (Å²) in [5.74, 6) is 0.836. The van der Waals surface area contributed by atoms with Crippen molar-refractivity contribution < 1.29 is 17.6 Å². The van der Waals surface area contributed by atoms with Gasteiger partial charge in [-0.05, 0) is 23.8 Å². The molecule has 0 unspecified atom stereocenters. The summed E-state index contributed by atoms with van der Waals surface area (Å²) >= 11 is 1.53. The molecule has 0 saturated heterocycles. The molecule has 1 amide bonds. The number of rotatable bonds is 9. The molecule has 0 spiro atoms. The van der Waals surface area contributed by atoms with Crippen molar-refractivity contribution in [2.45, 2.75) is 18.1 Å². The molecule has 3 aromatic rings. The van der Waals surface area contributed by atoms with Crippen LogP contribution in [0.4, 0.5) is 4.39 Å². The molecule has 3 rings (SSSR count). The second-order valence-corrected chi connectivity index (χ2v) is 9.91. The highest BCUT2D eigenvalue weighted by atomic mass is 32.2. The van der Waals surface area contributed by atoms with Crippen molar-refractivity contribution in [3.8, 4) is 0 Å². The van der Waals surface area contributed by atoms with Crippen LogP contribution in [0.1, 0.15) is 11.4 Å². The highest BCUT2D eigenvalue weighted by Crippen LogP contribution is 2.18. The van der Waals surface area contributed by atoms with Crippen molar-refractivity contribution in [3.63, 3.8) is 0 Å². The van der Waals surface area contributed by atoms with Gasteiger partial charge in [-0.15, -0.1) is 0 Å². The maximum Gasteiger partial charge on any atom is 0.240 e.